The van der Waals surface area contributed by atoms with Gasteiger partial charge in [0.25, 0.3) is 0 Å². The number of piperidine rings is 1. The van der Waals surface area contributed by atoms with E-state index in [1.165, 1.54) is 50.0 Å². The number of hydrogen-bond acceptors (Lipinski definition) is 2. The van der Waals surface area contributed by atoms with E-state index in [9.17, 15) is 0 Å². The Morgan fingerprint density at radius 2 is 1.87 bits per heavy atom. The zero-order valence-corrected chi connectivity index (χ0v) is 14.2. The Bertz CT molecular complexity index is 570. The van der Waals surface area contributed by atoms with Crippen molar-refractivity contribution in [2.75, 3.05) is 19.6 Å². The van der Waals surface area contributed by atoms with Gasteiger partial charge in [-0.3, -0.25) is 4.90 Å². The van der Waals surface area contributed by atoms with Gasteiger partial charge in [0.1, 0.15) is 0 Å². The molecule has 0 unspecified atom stereocenters. The van der Waals surface area contributed by atoms with E-state index in [1.807, 2.05) is 0 Å². The van der Waals surface area contributed by atoms with Crippen LogP contribution in [-0.2, 0) is 13.1 Å². The van der Waals surface area contributed by atoms with Crippen molar-refractivity contribution in [2.45, 2.75) is 45.3 Å². The first-order valence-electron chi connectivity index (χ1n) is 8.98. The maximum Gasteiger partial charge on any atom is 0.0470 e. The van der Waals surface area contributed by atoms with E-state index in [0.717, 1.165) is 19.1 Å². The normalized spacial score (nSPS) is 16.1. The van der Waals surface area contributed by atoms with E-state index in [2.05, 4.69) is 70.5 Å². The van der Waals surface area contributed by atoms with E-state index in [1.54, 1.807) is 0 Å². The molecule has 3 heteroatoms. The van der Waals surface area contributed by atoms with E-state index >= 15 is 0 Å². The number of benzene rings is 1. The molecule has 1 aromatic heterocycles. The lowest BCUT2D eigenvalue weighted by Gasteiger charge is -2.34. The smallest absolute Gasteiger partial charge is 0.0470 e. The number of nitrogens with one attached hydrogen (secondary N) is 1. The lowest BCUT2D eigenvalue weighted by Crippen LogP contribution is -2.43. The summed E-state index contributed by atoms with van der Waals surface area (Å²) in [6.07, 6.45) is 8.33. The monoisotopic (exact) mass is 311 g/mol. The molecule has 0 amide bonds. The largest absolute Gasteiger partial charge is 0.350 e. The zero-order valence-electron chi connectivity index (χ0n) is 14.2. The molecule has 3 nitrogen and oxygen atoms in total. The van der Waals surface area contributed by atoms with Crippen molar-refractivity contribution >= 4 is 0 Å². The van der Waals surface area contributed by atoms with E-state index in [0.29, 0.717) is 0 Å². The van der Waals surface area contributed by atoms with Gasteiger partial charge in [-0.05, 0) is 56.1 Å². The van der Waals surface area contributed by atoms with Crippen molar-refractivity contribution in [2.24, 2.45) is 0 Å². The second kappa shape index (κ2) is 8.32. The maximum atomic E-state index is 3.48. The summed E-state index contributed by atoms with van der Waals surface area (Å²) in [6, 6.07) is 13.7. The van der Waals surface area contributed by atoms with Crippen LogP contribution in [0.2, 0.25) is 0 Å². The molecule has 1 fully saturated rings. The standard InChI is InChI=1S/C20H29N3/c1-2-13-23(20-8-11-21-12-9-20)17-19-10-14-22(16-19)15-18-6-4-3-5-7-18/h3-7,10,14,16,20-21H,2,8-9,11-13,15,17H2,1H3. The minimum Gasteiger partial charge on any atom is -0.350 e. The first-order chi connectivity index (χ1) is 11.3. The number of aromatic nitrogens is 1. The van der Waals surface area contributed by atoms with Gasteiger partial charge < -0.3 is 9.88 Å². The predicted octanol–water partition coefficient (Wildman–Crippen LogP) is 3.50. The van der Waals surface area contributed by atoms with Gasteiger partial charge in [0, 0.05) is 31.5 Å². The Balaban J connectivity index is 1.61. The third-order valence-electron chi connectivity index (χ3n) is 4.74. The van der Waals surface area contributed by atoms with Crippen molar-refractivity contribution in [1.29, 1.82) is 0 Å². The van der Waals surface area contributed by atoms with Gasteiger partial charge in [-0.25, -0.2) is 0 Å². The van der Waals surface area contributed by atoms with E-state index < -0.39 is 0 Å². The molecule has 0 radical (unpaired) electrons. The molecule has 1 saturated heterocycles. The lowest BCUT2D eigenvalue weighted by molar-refractivity contribution is 0.154. The summed E-state index contributed by atoms with van der Waals surface area (Å²) in [6.45, 7) is 7.87. The molecule has 0 atom stereocenters. The van der Waals surface area contributed by atoms with Gasteiger partial charge in [-0.15, -0.1) is 0 Å². The average molecular weight is 311 g/mol. The molecule has 1 aliphatic heterocycles. The molecule has 1 aliphatic rings. The van der Waals surface area contributed by atoms with Crippen LogP contribution >= 0.6 is 0 Å². The van der Waals surface area contributed by atoms with Crippen LogP contribution in [0.15, 0.2) is 48.8 Å². The first-order valence-corrected chi connectivity index (χ1v) is 8.98. The van der Waals surface area contributed by atoms with Crippen LogP contribution in [0.25, 0.3) is 0 Å². The highest BCUT2D eigenvalue weighted by Gasteiger charge is 2.20. The molecule has 2 heterocycles. The summed E-state index contributed by atoms with van der Waals surface area (Å²) < 4.78 is 2.30. The molecule has 0 saturated carbocycles. The van der Waals surface area contributed by atoms with Gasteiger partial charge in [0.2, 0.25) is 0 Å². The second-order valence-electron chi connectivity index (χ2n) is 6.63. The van der Waals surface area contributed by atoms with Crippen molar-refractivity contribution in [3.8, 4) is 0 Å². The van der Waals surface area contributed by atoms with Crippen LogP contribution in [0.1, 0.15) is 37.3 Å². The van der Waals surface area contributed by atoms with Crippen LogP contribution < -0.4 is 5.32 Å². The van der Waals surface area contributed by atoms with Crippen molar-refractivity contribution in [3.05, 3.63) is 59.9 Å². The molecule has 0 bridgehead atoms. The van der Waals surface area contributed by atoms with Crippen molar-refractivity contribution in [1.82, 2.24) is 14.8 Å². The summed E-state index contributed by atoms with van der Waals surface area (Å²) >= 11 is 0. The Hall–Kier alpha value is -1.58. The van der Waals surface area contributed by atoms with Gasteiger partial charge in [-0.1, -0.05) is 37.3 Å². The molecule has 0 aliphatic carbocycles. The maximum absolute atomic E-state index is 3.48. The fraction of sp³-hybridized carbons (Fsp3) is 0.500. The van der Waals surface area contributed by atoms with Crippen LogP contribution in [0.5, 0.6) is 0 Å². The number of rotatable bonds is 7. The highest BCUT2D eigenvalue weighted by atomic mass is 15.2. The van der Waals surface area contributed by atoms with Gasteiger partial charge >= 0.3 is 0 Å². The molecule has 124 valence electrons. The number of nitrogens with zero attached hydrogens (tertiary/aromatic N) is 2. The highest BCUT2D eigenvalue weighted by molar-refractivity contribution is 5.17. The Kier molecular flexibility index (Phi) is 5.89. The summed E-state index contributed by atoms with van der Waals surface area (Å²) in [5.41, 5.74) is 2.80. The Labute approximate surface area is 140 Å². The fourth-order valence-electron chi connectivity index (χ4n) is 3.56. The Morgan fingerprint density at radius 1 is 1.09 bits per heavy atom. The minimum absolute atomic E-state index is 0.744. The van der Waals surface area contributed by atoms with Gasteiger partial charge in [-0.2, -0.15) is 0 Å². The molecule has 1 N–H and O–H groups in total. The molecule has 0 spiro atoms. The van der Waals surface area contributed by atoms with Crippen LogP contribution in [-0.4, -0.2) is 35.1 Å². The first kappa shape index (κ1) is 16.3. The summed E-state index contributed by atoms with van der Waals surface area (Å²) in [4.78, 5) is 2.68. The molecule has 3 rings (SSSR count). The quantitative estimate of drug-likeness (QED) is 0.844. The molecule has 23 heavy (non-hydrogen) atoms. The molecular weight excluding hydrogens is 282 g/mol. The van der Waals surface area contributed by atoms with Crippen LogP contribution in [0, 0.1) is 0 Å². The SMILES string of the molecule is CCCN(Cc1ccn(Cc2ccccc2)c1)C1CCNCC1. The summed E-state index contributed by atoms with van der Waals surface area (Å²) in [5.74, 6) is 0. The van der Waals surface area contributed by atoms with Gasteiger partial charge in [0.15, 0.2) is 0 Å². The third kappa shape index (κ3) is 4.69. The highest BCUT2D eigenvalue weighted by Crippen LogP contribution is 2.17. The van der Waals surface area contributed by atoms with Crippen molar-refractivity contribution in [3.63, 3.8) is 0 Å². The van der Waals surface area contributed by atoms with E-state index in [-0.39, 0.29) is 0 Å². The molecule has 1 aromatic carbocycles. The van der Waals surface area contributed by atoms with Crippen LogP contribution in [0.4, 0.5) is 0 Å². The second-order valence-corrected chi connectivity index (χ2v) is 6.63. The minimum atomic E-state index is 0.744. The predicted molar refractivity (Wildman–Crippen MR) is 96.6 cm³/mol. The fourth-order valence-corrected chi connectivity index (χ4v) is 3.56. The number of hydrogen-bond donors (Lipinski definition) is 1. The van der Waals surface area contributed by atoms with Gasteiger partial charge in [0.05, 0.1) is 0 Å². The average Bonchev–Trinajstić information content (AvgIpc) is 3.03. The van der Waals surface area contributed by atoms with Crippen molar-refractivity contribution < 1.29 is 0 Å². The Morgan fingerprint density at radius 3 is 2.61 bits per heavy atom. The summed E-state index contributed by atoms with van der Waals surface area (Å²) in [5, 5.41) is 3.48. The lowest BCUT2D eigenvalue weighted by atomic mass is 10.0. The summed E-state index contributed by atoms with van der Waals surface area (Å²) in [7, 11) is 0. The third-order valence-corrected chi connectivity index (χ3v) is 4.74. The van der Waals surface area contributed by atoms with E-state index in [4.69, 9.17) is 0 Å². The van der Waals surface area contributed by atoms with Crippen LogP contribution in [0.3, 0.4) is 0 Å². The topological polar surface area (TPSA) is 20.2 Å². The molecular formula is C20H29N3. The molecule has 2 aromatic rings. The zero-order chi connectivity index (χ0) is 15.9.